The van der Waals surface area contributed by atoms with Crippen molar-refractivity contribution in [3.8, 4) is 11.5 Å². The predicted molar refractivity (Wildman–Crippen MR) is 69.2 cm³/mol. The van der Waals surface area contributed by atoms with E-state index in [0.29, 0.717) is 13.2 Å². The Morgan fingerprint density at radius 2 is 2.00 bits per heavy atom. The predicted octanol–water partition coefficient (Wildman–Crippen LogP) is 1.39. The van der Waals surface area contributed by atoms with E-state index in [1.54, 1.807) is 0 Å². The monoisotopic (exact) mass is 250 g/mol. The first-order chi connectivity index (χ1) is 8.65. The zero-order valence-electron chi connectivity index (χ0n) is 10.7. The molecule has 1 aliphatic rings. The van der Waals surface area contributed by atoms with Gasteiger partial charge >= 0.3 is 0 Å². The number of anilines is 1. The summed E-state index contributed by atoms with van der Waals surface area (Å²) < 4.78 is 10.9. The molecule has 1 aromatic rings. The maximum Gasteiger partial charge on any atom is 0.239 e. The summed E-state index contributed by atoms with van der Waals surface area (Å²) in [6, 6.07) is 5.71. The third-order valence-electron chi connectivity index (χ3n) is 2.44. The van der Waals surface area contributed by atoms with Crippen molar-refractivity contribution in [1.82, 2.24) is 5.32 Å². The number of benzene rings is 1. The highest BCUT2D eigenvalue weighted by molar-refractivity contribution is 5.81. The lowest BCUT2D eigenvalue weighted by Gasteiger charge is -2.19. The van der Waals surface area contributed by atoms with Gasteiger partial charge in [0.05, 0.1) is 6.54 Å². The second-order valence-electron chi connectivity index (χ2n) is 4.43. The molecule has 0 saturated heterocycles. The molecule has 18 heavy (non-hydrogen) atoms. The zero-order chi connectivity index (χ0) is 13.0. The first-order valence-corrected chi connectivity index (χ1v) is 6.08. The number of carbonyl (C=O) groups excluding carboxylic acids is 1. The molecule has 1 aliphatic heterocycles. The van der Waals surface area contributed by atoms with Crippen molar-refractivity contribution in [3.05, 3.63) is 18.2 Å². The summed E-state index contributed by atoms with van der Waals surface area (Å²) in [4.78, 5) is 11.5. The molecule has 0 unspecified atom stereocenters. The van der Waals surface area contributed by atoms with E-state index in [2.05, 4.69) is 10.6 Å². The minimum absolute atomic E-state index is 0.0279. The molecule has 0 bridgehead atoms. The van der Waals surface area contributed by atoms with E-state index in [1.807, 2.05) is 32.0 Å². The van der Waals surface area contributed by atoms with Crippen molar-refractivity contribution >= 4 is 11.6 Å². The molecule has 0 aliphatic carbocycles. The number of hydrogen-bond donors (Lipinski definition) is 2. The van der Waals surface area contributed by atoms with Gasteiger partial charge in [-0.3, -0.25) is 4.79 Å². The minimum Gasteiger partial charge on any atom is -0.486 e. The fourth-order valence-corrected chi connectivity index (χ4v) is 1.71. The molecule has 0 saturated carbocycles. The van der Waals surface area contributed by atoms with E-state index >= 15 is 0 Å². The molecule has 1 heterocycles. The van der Waals surface area contributed by atoms with Gasteiger partial charge in [0.1, 0.15) is 13.2 Å². The number of ether oxygens (including phenoxy) is 2. The second-order valence-corrected chi connectivity index (χ2v) is 4.43. The Morgan fingerprint density at radius 1 is 1.28 bits per heavy atom. The first kappa shape index (κ1) is 12.5. The van der Waals surface area contributed by atoms with Gasteiger partial charge in [-0.15, -0.1) is 0 Å². The number of carbonyl (C=O) groups is 1. The van der Waals surface area contributed by atoms with Gasteiger partial charge in [-0.05, 0) is 26.0 Å². The van der Waals surface area contributed by atoms with Crippen LogP contribution in [0, 0.1) is 0 Å². The fourth-order valence-electron chi connectivity index (χ4n) is 1.71. The zero-order valence-corrected chi connectivity index (χ0v) is 10.7. The van der Waals surface area contributed by atoms with Crippen LogP contribution in [0.4, 0.5) is 5.69 Å². The molecule has 2 rings (SSSR count). The SMILES string of the molecule is CC(C)NC(=O)CNc1ccc2c(c1)OCCO2. The molecular weight excluding hydrogens is 232 g/mol. The molecule has 5 nitrogen and oxygen atoms in total. The highest BCUT2D eigenvalue weighted by atomic mass is 16.6. The average molecular weight is 250 g/mol. The normalized spacial score (nSPS) is 13.3. The minimum atomic E-state index is -0.0279. The van der Waals surface area contributed by atoms with Gasteiger partial charge in [0.2, 0.25) is 5.91 Å². The molecule has 98 valence electrons. The standard InChI is InChI=1S/C13H18N2O3/c1-9(2)15-13(16)8-14-10-3-4-11-12(7-10)18-6-5-17-11/h3-4,7,9,14H,5-6,8H2,1-2H3,(H,15,16). The Morgan fingerprint density at radius 3 is 2.72 bits per heavy atom. The van der Waals surface area contributed by atoms with Crippen LogP contribution in [-0.4, -0.2) is 31.7 Å². The molecule has 0 radical (unpaired) electrons. The van der Waals surface area contributed by atoms with Crippen LogP contribution in [0.5, 0.6) is 11.5 Å². The Hall–Kier alpha value is -1.91. The Balaban J connectivity index is 1.92. The van der Waals surface area contributed by atoms with Gasteiger partial charge in [0.25, 0.3) is 0 Å². The number of fused-ring (bicyclic) bond motifs is 1. The molecule has 1 amide bonds. The maximum atomic E-state index is 11.5. The molecule has 5 heteroatoms. The summed E-state index contributed by atoms with van der Waals surface area (Å²) in [6.45, 7) is 5.25. The number of hydrogen-bond acceptors (Lipinski definition) is 4. The molecule has 0 atom stereocenters. The van der Waals surface area contributed by atoms with E-state index in [4.69, 9.17) is 9.47 Å². The van der Waals surface area contributed by atoms with Gasteiger partial charge in [-0.25, -0.2) is 0 Å². The lowest BCUT2D eigenvalue weighted by atomic mass is 10.2. The quantitative estimate of drug-likeness (QED) is 0.848. The van der Waals surface area contributed by atoms with Crippen LogP contribution in [0.2, 0.25) is 0 Å². The van der Waals surface area contributed by atoms with Crippen LogP contribution >= 0.6 is 0 Å². The molecule has 2 N–H and O–H groups in total. The summed E-state index contributed by atoms with van der Waals surface area (Å²) >= 11 is 0. The van der Waals surface area contributed by atoms with Gasteiger partial charge < -0.3 is 20.1 Å². The van der Waals surface area contributed by atoms with Crippen molar-refractivity contribution in [2.24, 2.45) is 0 Å². The van der Waals surface area contributed by atoms with Crippen LogP contribution < -0.4 is 20.1 Å². The van der Waals surface area contributed by atoms with Crippen LogP contribution in [0.1, 0.15) is 13.8 Å². The summed E-state index contributed by atoms with van der Waals surface area (Å²) in [5, 5.41) is 5.87. The van der Waals surface area contributed by atoms with Crippen LogP contribution in [0.3, 0.4) is 0 Å². The summed E-state index contributed by atoms with van der Waals surface area (Å²) in [5.74, 6) is 1.44. The number of amides is 1. The number of rotatable bonds is 4. The Bertz CT molecular complexity index is 432. The van der Waals surface area contributed by atoms with Gasteiger partial charge in [-0.1, -0.05) is 0 Å². The van der Waals surface area contributed by atoms with Gasteiger partial charge in [0.15, 0.2) is 11.5 Å². The Kier molecular flexibility index (Phi) is 3.92. The Labute approximate surface area is 106 Å². The molecular formula is C13H18N2O3. The van der Waals surface area contributed by atoms with Crippen molar-refractivity contribution in [2.45, 2.75) is 19.9 Å². The van der Waals surface area contributed by atoms with E-state index in [0.717, 1.165) is 17.2 Å². The highest BCUT2D eigenvalue weighted by Gasteiger charge is 2.12. The van der Waals surface area contributed by atoms with Crippen molar-refractivity contribution in [2.75, 3.05) is 25.1 Å². The lowest BCUT2D eigenvalue weighted by molar-refractivity contribution is -0.119. The maximum absolute atomic E-state index is 11.5. The van der Waals surface area contributed by atoms with Gasteiger partial charge in [0, 0.05) is 17.8 Å². The largest absolute Gasteiger partial charge is 0.486 e. The summed E-state index contributed by atoms with van der Waals surface area (Å²) in [6.07, 6.45) is 0. The highest BCUT2D eigenvalue weighted by Crippen LogP contribution is 2.32. The van der Waals surface area contributed by atoms with E-state index in [9.17, 15) is 4.79 Å². The molecule has 0 aromatic heterocycles. The lowest BCUT2D eigenvalue weighted by Crippen LogP contribution is -2.34. The first-order valence-electron chi connectivity index (χ1n) is 6.08. The average Bonchev–Trinajstić information content (AvgIpc) is 2.35. The molecule has 0 spiro atoms. The van der Waals surface area contributed by atoms with Crippen molar-refractivity contribution in [3.63, 3.8) is 0 Å². The van der Waals surface area contributed by atoms with Crippen molar-refractivity contribution in [1.29, 1.82) is 0 Å². The molecule has 0 fully saturated rings. The topological polar surface area (TPSA) is 59.6 Å². The van der Waals surface area contributed by atoms with Gasteiger partial charge in [-0.2, -0.15) is 0 Å². The van der Waals surface area contributed by atoms with Crippen LogP contribution in [0.15, 0.2) is 18.2 Å². The van der Waals surface area contributed by atoms with Crippen molar-refractivity contribution < 1.29 is 14.3 Å². The fraction of sp³-hybridized carbons (Fsp3) is 0.462. The second kappa shape index (κ2) is 5.62. The number of nitrogens with one attached hydrogen (secondary N) is 2. The van der Waals surface area contributed by atoms with E-state index < -0.39 is 0 Å². The summed E-state index contributed by atoms with van der Waals surface area (Å²) in [7, 11) is 0. The van der Waals surface area contributed by atoms with Crippen LogP contribution in [0.25, 0.3) is 0 Å². The van der Waals surface area contributed by atoms with E-state index in [-0.39, 0.29) is 18.5 Å². The molecule has 1 aromatic carbocycles. The van der Waals surface area contributed by atoms with E-state index in [1.165, 1.54) is 0 Å². The van der Waals surface area contributed by atoms with Crippen LogP contribution in [-0.2, 0) is 4.79 Å². The third kappa shape index (κ3) is 3.29. The summed E-state index contributed by atoms with van der Waals surface area (Å²) in [5.41, 5.74) is 0.846. The third-order valence-corrected chi connectivity index (χ3v) is 2.44. The smallest absolute Gasteiger partial charge is 0.239 e.